The Morgan fingerprint density at radius 3 is 2.50 bits per heavy atom. The molecular weight excluding hydrogens is 348 g/mol. The fourth-order valence-electron chi connectivity index (χ4n) is 2.05. The third-order valence-electron chi connectivity index (χ3n) is 3.15. The van der Waals surface area contributed by atoms with E-state index in [1.807, 2.05) is 0 Å². The molecule has 2 N–H and O–H groups in total. The van der Waals surface area contributed by atoms with Crippen LogP contribution in [-0.2, 0) is 9.59 Å². The van der Waals surface area contributed by atoms with E-state index in [4.69, 9.17) is 0 Å². The van der Waals surface area contributed by atoms with Gasteiger partial charge in [-0.3, -0.25) is 19.7 Å². The normalized spacial score (nSPS) is 10.6. The lowest BCUT2D eigenvalue weighted by atomic mass is 10.1. The van der Waals surface area contributed by atoms with Crippen LogP contribution in [0.4, 0.5) is 25.8 Å². The lowest BCUT2D eigenvalue weighted by Gasteiger charge is -2.07. The summed E-state index contributed by atoms with van der Waals surface area (Å²) in [4.78, 5) is 33.1. The molecular formula is C17H13F2N3O4. The number of amides is 2. The molecule has 0 saturated heterocycles. The number of anilines is 2. The lowest BCUT2D eigenvalue weighted by molar-refractivity contribution is -0.385. The van der Waals surface area contributed by atoms with Crippen molar-refractivity contribution in [1.29, 1.82) is 0 Å². The molecule has 134 valence electrons. The molecule has 0 heterocycles. The Morgan fingerprint density at radius 1 is 1.12 bits per heavy atom. The summed E-state index contributed by atoms with van der Waals surface area (Å²) >= 11 is 0. The molecule has 0 spiro atoms. The molecule has 2 rings (SSSR count). The van der Waals surface area contributed by atoms with Crippen molar-refractivity contribution in [2.75, 3.05) is 10.6 Å². The van der Waals surface area contributed by atoms with Crippen molar-refractivity contribution < 1.29 is 23.3 Å². The molecule has 0 aliphatic rings. The van der Waals surface area contributed by atoms with Gasteiger partial charge in [-0.15, -0.1) is 0 Å². The number of halogens is 2. The molecule has 0 radical (unpaired) electrons. The van der Waals surface area contributed by atoms with Gasteiger partial charge in [0.05, 0.1) is 22.2 Å². The summed E-state index contributed by atoms with van der Waals surface area (Å²) in [6, 6.07) is 6.52. The summed E-state index contributed by atoms with van der Waals surface area (Å²) in [6.07, 6.45) is 2.17. The molecule has 0 unspecified atom stereocenters. The topological polar surface area (TPSA) is 101 Å². The number of nitrogens with one attached hydrogen (secondary N) is 2. The van der Waals surface area contributed by atoms with E-state index in [1.165, 1.54) is 25.1 Å². The van der Waals surface area contributed by atoms with E-state index >= 15 is 0 Å². The molecule has 26 heavy (non-hydrogen) atoms. The van der Waals surface area contributed by atoms with Crippen LogP contribution >= 0.6 is 0 Å². The van der Waals surface area contributed by atoms with E-state index in [0.717, 1.165) is 30.4 Å². The smallest absolute Gasteiger partial charge is 0.279 e. The van der Waals surface area contributed by atoms with Gasteiger partial charge >= 0.3 is 0 Å². The fourth-order valence-corrected chi connectivity index (χ4v) is 2.05. The number of rotatable bonds is 5. The van der Waals surface area contributed by atoms with Crippen LogP contribution in [0.1, 0.15) is 12.5 Å². The molecule has 0 saturated carbocycles. The van der Waals surface area contributed by atoms with Crippen molar-refractivity contribution >= 4 is 35.0 Å². The average molecular weight is 361 g/mol. The van der Waals surface area contributed by atoms with Crippen LogP contribution in [0.5, 0.6) is 0 Å². The van der Waals surface area contributed by atoms with Crippen molar-refractivity contribution in [2.45, 2.75) is 6.92 Å². The molecule has 2 aromatic carbocycles. The molecule has 7 nitrogen and oxygen atoms in total. The Kier molecular flexibility index (Phi) is 5.74. The minimum atomic E-state index is -0.768. The quantitative estimate of drug-likeness (QED) is 0.483. The third-order valence-corrected chi connectivity index (χ3v) is 3.15. The van der Waals surface area contributed by atoms with Crippen LogP contribution < -0.4 is 10.6 Å². The molecule has 0 atom stereocenters. The van der Waals surface area contributed by atoms with E-state index in [1.54, 1.807) is 0 Å². The first-order valence-corrected chi connectivity index (χ1v) is 7.26. The second kappa shape index (κ2) is 7.97. The number of carbonyl (C=O) groups is 2. The van der Waals surface area contributed by atoms with Gasteiger partial charge in [-0.05, 0) is 36.4 Å². The highest BCUT2D eigenvalue weighted by molar-refractivity contribution is 6.02. The monoisotopic (exact) mass is 361 g/mol. The van der Waals surface area contributed by atoms with Crippen molar-refractivity contribution in [3.8, 4) is 0 Å². The van der Waals surface area contributed by atoms with Gasteiger partial charge in [-0.2, -0.15) is 0 Å². The van der Waals surface area contributed by atoms with E-state index in [2.05, 4.69) is 10.6 Å². The maximum Gasteiger partial charge on any atom is 0.279 e. The van der Waals surface area contributed by atoms with E-state index in [9.17, 15) is 28.5 Å². The van der Waals surface area contributed by atoms with Gasteiger partial charge in [0.15, 0.2) is 0 Å². The summed E-state index contributed by atoms with van der Waals surface area (Å²) in [7, 11) is 0. The third kappa shape index (κ3) is 4.94. The average Bonchev–Trinajstić information content (AvgIpc) is 2.56. The Bertz CT molecular complexity index is 913. The van der Waals surface area contributed by atoms with E-state index < -0.39 is 34.1 Å². The highest BCUT2D eigenvalue weighted by atomic mass is 19.1. The molecule has 2 aromatic rings. The summed E-state index contributed by atoms with van der Waals surface area (Å²) in [5.74, 6) is -2.56. The second-order valence-corrected chi connectivity index (χ2v) is 5.16. The molecule has 9 heteroatoms. The Hall–Kier alpha value is -3.62. The number of hydrogen-bond acceptors (Lipinski definition) is 4. The van der Waals surface area contributed by atoms with Crippen LogP contribution in [0.2, 0.25) is 0 Å². The minimum Gasteiger partial charge on any atom is -0.324 e. The first-order valence-electron chi connectivity index (χ1n) is 7.26. The first kappa shape index (κ1) is 18.7. The van der Waals surface area contributed by atoms with Gasteiger partial charge < -0.3 is 10.6 Å². The van der Waals surface area contributed by atoms with Gasteiger partial charge in [-0.25, -0.2) is 8.78 Å². The number of carbonyl (C=O) groups excluding carboxylic acids is 2. The number of nitro groups is 1. The Labute approximate surface area is 146 Å². The standard InChI is InChI=1S/C17H13F2N3O4/c1-10(23)20-15-9-13(5-6-14(15)19)21-17(24)7-3-11-2-4-12(18)8-16(11)22(25)26/h2-9H,1H3,(H,20,23)(H,21,24). The summed E-state index contributed by atoms with van der Waals surface area (Å²) in [5.41, 5.74) is -0.333. The molecule has 0 bridgehead atoms. The summed E-state index contributed by atoms with van der Waals surface area (Å²) < 4.78 is 26.6. The second-order valence-electron chi connectivity index (χ2n) is 5.16. The minimum absolute atomic E-state index is 0.0459. The van der Waals surface area contributed by atoms with Crippen molar-refractivity contribution in [2.24, 2.45) is 0 Å². The van der Waals surface area contributed by atoms with Gasteiger partial charge in [-0.1, -0.05) is 0 Å². The predicted molar refractivity (Wildman–Crippen MR) is 91.4 cm³/mol. The van der Waals surface area contributed by atoms with Crippen LogP contribution in [0, 0.1) is 21.7 Å². The Balaban J connectivity index is 2.15. The largest absolute Gasteiger partial charge is 0.324 e. The van der Waals surface area contributed by atoms with E-state index in [0.29, 0.717) is 0 Å². The molecule has 0 fully saturated rings. The Morgan fingerprint density at radius 2 is 1.85 bits per heavy atom. The number of nitrogens with zero attached hydrogens (tertiary/aromatic N) is 1. The van der Waals surface area contributed by atoms with Crippen molar-refractivity contribution in [3.63, 3.8) is 0 Å². The van der Waals surface area contributed by atoms with Crippen LogP contribution in [0.3, 0.4) is 0 Å². The maximum atomic E-state index is 13.6. The van der Waals surface area contributed by atoms with Gasteiger partial charge in [0.25, 0.3) is 5.69 Å². The van der Waals surface area contributed by atoms with Crippen LogP contribution in [0.15, 0.2) is 42.5 Å². The highest BCUT2D eigenvalue weighted by Crippen LogP contribution is 2.22. The van der Waals surface area contributed by atoms with Crippen molar-refractivity contribution in [3.05, 3.63) is 69.8 Å². The lowest BCUT2D eigenvalue weighted by Crippen LogP contribution is -2.11. The van der Waals surface area contributed by atoms with Gasteiger partial charge in [0.2, 0.25) is 11.8 Å². The zero-order valence-corrected chi connectivity index (χ0v) is 13.5. The van der Waals surface area contributed by atoms with Gasteiger partial charge in [0, 0.05) is 18.7 Å². The highest BCUT2D eigenvalue weighted by Gasteiger charge is 2.13. The zero-order valence-electron chi connectivity index (χ0n) is 13.5. The molecule has 0 aliphatic carbocycles. The first-order chi connectivity index (χ1) is 12.3. The molecule has 2 amide bonds. The van der Waals surface area contributed by atoms with Crippen LogP contribution in [0.25, 0.3) is 6.08 Å². The number of hydrogen-bond donors (Lipinski definition) is 2. The van der Waals surface area contributed by atoms with Gasteiger partial charge in [0.1, 0.15) is 11.6 Å². The summed E-state index contributed by atoms with van der Waals surface area (Å²) in [5, 5.41) is 15.6. The molecule has 0 aromatic heterocycles. The summed E-state index contributed by atoms with van der Waals surface area (Å²) in [6.45, 7) is 1.21. The zero-order chi connectivity index (χ0) is 19.3. The predicted octanol–water partition coefficient (Wildman–Crippen LogP) is 3.48. The van der Waals surface area contributed by atoms with Crippen molar-refractivity contribution in [1.82, 2.24) is 0 Å². The maximum absolute atomic E-state index is 13.6. The SMILES string of the molecule is CC(=O)Nc1cc(NC(=O)C=Cc2ccc(F)cc2[N+](=O)[O-])ccc1F. The van der Waals surface area contributed by atoms with E-state index in [-0.39, 0.29) is 16.9 Å². The number of benzene rings is 2. The fraction of sp³-hybridized carbons (Fsp3) is 0.0588. The molecule has 0 aliphatic heterocycles. The van der Waals surface area contributed by atoms with Crippen LogP contribution in [-0.4, -0.2) is 16.7 Å². The number of nitro benzene ring substituents is 1.